The number of nitrogens with zero attached hydrogens (tertiary/aromatic N) is 2. The van der Waals surface area contributed by atoms with Crippen molar-refractivity contribution in [3.05, 3.63) is 76.7 Å². The zero-order valence-electron chi connectivity index (χ0n) is 17.1. The molecule has 0 bridgehead atoms. The van der Waals surface area contributed by atoms with Crippen molar-refractivity contribution in [1.82, 2.24) is 20.4 Å². The fourth-order valence-corrected chi connectivity index (χ4v) is 4.23. The Morgan fingerprint density at radius 3 is 2.87 bits per heavy atom. The van der Waals surface area contributed by atoms with Crippen LogP contribution in [-0.2, 0) is 4.74 Å². The van der Waals surface area contributed by atoms with Gasteiger partial charge < -0.3 is 10.1 Å². The van der Waals surface area contributed by atoms with E-state index in [1.54, 1.807) is 12.1 Å². The Kier molecular flexibility index (Phi) is 6.65. The lowest BCUT2D eigenvalue weighted by Crippen LogP contribution is -2.47. The zero-order chi connectivity index (χ0) is 21.8. The van der Waals surface area contributed by atoms with Crippen LogP contribution in [0.2, 0.25) is 5.02 Å². The maximum absolute atomic E-state index is 14.8. The number of amides is 1. The molecule has 0 radical (unpaired) electrons. The first kappa shape index (κ1) is 21.5. The highest BCUT2D eigenvalue weighted by Gasteiger charge is 2.30. The van der Waals surface area contributed by atoms with E-state index in [4.69, 9.17) is 16.3 Å². The number of aromatic nitrogens is 2. The topological polar surface area (TPSA) is 70.2 Å². The van der Waals surface area contributed by atoms with E-state index in [9.17, 15) is 9.18 Å². The van der Waals surface area contributed by atoms with Gasteiger partial charge in [0.25, 0.3) is 5.91 Å². The largest absolute Gasteiger partial charge is 0.376 e. The van der Waals surface area contributed by atoms with Gasteiger partial charge in [-0.3, -0.25) is 14.8 Å². The summed E-state index contributed by atoms with van der Waals surface area (Å²) in [4.78, 5) is 15.1. The van der Waals surface area contributed by atoms with Gasteiger partial charge in [0.1, 0.15) is 5.82 Å². The lowest BCUT2D eigenvalue weighted by Gasteiger charge is -2.38. The molecule has 6 nitrogen and oxygen atoms in total. The number of nitrogens with one attached hydrogen (secondary N) is 2. The summed E-state index contributed by atoms with van der Waals surface area (Å²) in [5.41, 5.74) is 2.31. The second-order valence-corrected chi connectivity index (χ2v) is 7.97. The predicted octanol–water partition coefficient (Wildman–Crippen LogP) is 4.06. The molecule has 2 heterocycles. The molecule has 162 valence electrons. The maximum Gasteiger partial charge on any atom is 0.255 e. The van der Waals surface area contributed by atoms with E-state index in [1.807, 2.05) is 37.3 Å². The minimum atomic E-state index is -0.420. The Morgan fingerprint density at radius 1 is 1.32 bits per heavy atom. The summed E-state index contributed by atoms with van der Waals surface area (Å²) in [6.45, 7) is 3.95. The monoisotopic (exact) mass is 442 g/mol. The van der Waals surface area contributed by atoms with Crippen LogP contribution in [0, 0.1) is 5.82 Å². The standard InChI is InChI=1S/C23H24ClFN4O2/c1-15-14-29(10-11-31-15)20(21-18(24)8-5-9-19(21)25)13-26-23(30)17-12-27-28-22(17)16-6-3-2-4-7-16/h2-9,12,15,20H,10-11,13-14H2,1H3,(H,26,30)(H,27,28). The van der Waals surface area contributed by atoms with Crippen molar-refractivity contribution in [2.24, 2.45) is 0 Å². The van der Waals surface area contributed by atoms with E-state index >= 15 is 0 Å². The third kappa shape index (κ3) is 4.79. The highest BCUT2D eigenvalue weighted by Crippen LogP contribution is 2.31. The van der Waals surface area contributed by atoms with E-state index in [-0.39, 0.29) is 24.4 Å². The van der Waals surface area contributed by atoms with Crippen molar-refractivity contribution in [3.8, 4) is 11.3 Å². The van der Waals surface area contributed by atoms with Gasteiger partial charge in [-0.1, -0.05) is 48.0 Å². The minimum absolute atomic E-state index is 0.0102. The molecule has 4 rings (SSSR count). The van der Waals surface area contributed by atoms with Crippen LogP contribution < -0.4 is 5.32 Å². The van der Waals surface area contributed by atoms with Crippen molar-refractivity contribution in [2.75, 3.05) is 26.2 Å². The SMILES string of the molecule is CC1CN(C(CNC(=O)c2cn[nH]c2-c2ccccc2)c2c(F)cccc2Cl)CCO1. The number of morpholine rings is 1. The summed E-state index contributed by atoms with van der Waals surface area (Å²) < 4.78 is 20.4. The van der Waals surface area contributed by atoms with Crippen LogP contribution in [0.15, 0.2) is 54.7 Å². The van der Waals surface area contributed by atoms with Gasteiger partial charge in [-0.2, -0.15) is 5.10 Å². The van der Waals surface area contributed by atoms with Crippen LogP contribution in [-0.4, -0.2) is 53.3 Å². The van der Waals surface area contributed by atoms with Crippen molar-refractivity contribution < 1.29 is 13.9 Å². The van der Waals surface area contributed by atoms with Crippen LogP contribution in [0.3, 0.4) is 0 Å². The number of rotatable bonds is 6. The first-order valence-electron chi connectivity index (χ1n) is 10.2. The fourth-order valence-electron chi connectivity index (χ4n) is 3.94. The van der Waals surface area contributed by atoms with Gasteiger partial charge in [0.2, 0.25) is 0 Å². The van der Waals surface area contributed by atoms with Crippen molar-refractivity contribution in [2.45, 2.75) is 19.1 Å². The van der Waals surface area contributed by atoms with E-state index in [0.29, 0.717) is 41.5 Å². The average Bonchev–Trinajstić information content (AvgIpc) is 3.26. The fraction of sp³-hybridized carbons (Fsp3) is 0.304. The zero-order valence-corrected chi connectivity index (χ0v) is 17.9. The Bertz CT molecular complexity index is 1020. The molecule has 0 aliphatic carbocycles. The molecule has 1 aliphatic heterocycles. The average molecular weight is 443 g/mol. The van der Waals surface area contributed by atoms with Crippen LogP contribution in [0.1, 0.15) is 28.9 Å². The molecule has 1 amide bonds. The summed E-state index contributed by atoms with van der Waals surface area (Å²) in [5.74, 6) is -0.675. The van der Waals surface area contributed by atoms with E-state index < -0.39 is 6.04 Å². The minimum Gasteiger partial charge on any atom is -0.376 e. The molecular formula is C23H24ClFN4O2. The number of aromatic amines is 1. The molecular weight excluding hydrogens is 419 g/mol. The number of H-pyrrole nitrogens is 1. The van der Waals surface area contributed by atoms with Gasteiger partial charge >= 0.3 is 0 Å². The quantitative estimate of drug-likeness (QED) is 0.604. The van der Waals surface area contributed by atoms with Gasteiger partial charge in [-0.15, -0.1) is 0 Å². The first-order valence-corrected chi connectivity index (χ1v) is 10.6. The second kappa shape index (κ2) is 9.60. The third-order valence-corrected chi connectivity index (χ3v) is 5.78. The molecule has 1 saturated heterocycles. The first-order chi connectivity index (χ1) is 15.0. The highest BCUT2D eigenvalue weighted by molar-refractivity contribution is 6.31. The molecule has 8 heteroatoms. The number of halogens is 2. The molecule has 1 aliphatic rings. The van der Waals surface area contributed by atoms with Crippen LogP contribution >= 0.6 is 11.6 Å². The van der Waals surface area contributed by atoms with Gasteiger partial charge in [-0.05, 0) is 19.1 Å². The molecule has 0 saturated carbocycles. The van der Waals surface area contributed by atoms with Gasteiger partial charge in [0, 0.05) is 35.8 Å². The Hall–Kier alpha value is -2.74. The van der Waals surface area contributed by atoms with Gasteiger partial charge in [-0.25, -0.2) is 4.39 Å². The van der Waals surface area contributed by atoms with Crippen LogP contribution in [0.4, 0.5) is 4.39 Å². The summed E-state index contributed by atoms with van der Waals surface area (Å²) in [6, 6.07) is 13.7. The molecule has 1 fully saturated rings. The van der Waals surface area contributed by atoms with Gasteiger partial charge in [0.05, 0.1) is 36.2 Å². The summed E-state index contributed by atoms with van der Waals surface area (Å²) in [7, 11) is 0. The molecule has 2 N–H and O–H groups in total. The number of hydrogen-bond acceptors (Lipinski definition) is 4. The number of hydrogen-bond donors (Lipinski definition) is 2. The van der Waals surface area contributed by atoms with E-state index in [0.717, 1.165) is 5.56 Å². The Balaban J connectivity index is 1.57. The van der Waals surface area contributed by atoms with Crippen molar-refractivity contribution in [3.63, 3.8) is 0 Å². The lowest BCUT2D eigenvalue weighted by molar-refractivity contribution is -0.0346. The van der Waals surface area contributed by atoms with E-state index in [1.165, 1.54) is 12.3 Å². The number of benzene rings is 2. The molecule has 0 spiro atoms. The second-order valence-electron chi connectivity index (χ2n) is 7.56. The smallest absolute Gasteiger partial charge is 0.255 e. The maximum atomic E-state index is 14.8. The van der Waals surface area contributed by atoms with Crippen molar-refractivity contribution >= 4 is 17.5 Å². The predicted molar refractivity (Wildman–Crippen MR) is 117 cm³/mol. The van der Waals surface area contributed by atoms with Crippen LogP contribution in [0.25, 0.3) is 11.3 Å². The summed E-state index contributed by atoms with van der Waals surface area (Å²) in [6.07, 6.45) is 1.51. The molecule has 31 heavy (non-hydrogen) atoms. The van der Waals surface area contributed by atoms with Crippen molar-refractivity contribution in [1.29, 1.82) is 0 Å². The summed E-state index contributed by atoms with van der Waals surface area (Å²) in [5, 5.41) is 10.2. The third-order valence-electron chi connectivity index (χ3n) is 5.45. The van der Waals surface area contributed by atoms with Gasteiger partial charge in [0.15, 0.2) is 0 Å². The molecule has 2 aromatic carbocycles. The summed E-state index contributed by atoms with van der Waals surface area (Å²) >= 11 is 6.37. The molecule has 1 aromatic heterocycles. The van der Waals surface area contributed by atoms with Crippen LogP contribution in [0.5, 0.6) is 0 Å². The van der Waals surface area contributed by atoms with E-state index in [2.05, 4.69) is 20.4 Å². The lowest BCUT2D eigenvalue weighted by atomic mass is 10.0. The normalized spacial score (nSPS) is 18.0. The Labute approximate surface area is 185 Å². The molecule has 3 aromatic rings. The number of ether oxygens (including phenoxy) is 1. The molecule has 2 atom stereocenters. The number of carbonyl (C=O) groups is 1. The number of carbonyl (C=O) groups excluding carboxylic acids is 1. The molecule has 2 unspecified atom stereocenters. The Morgan fingerprint density at radius 2 is 2.13 bits per heavy atom. The highest BCUT2D eigenvalue weighted by atomic mass is 35.5.